The molecule has 3 atom stereocenters. The number of nitrogens with one attached hydrogen (secondary N) is 2. The molecule has 3 N–H and O–H groups in total. The van der Waals surface area contributed by atoms with Crippen LogP contribution in [0.3, 0.4) is 0 Å². The number of fused-ring (bicyclic) bond motifs is 3. The molecule has 0 aliphatic carbocycles. The summed E-state index contributed by atoms with van der Waals surface area (Å²) in [5.74, 6) is 0.280. The van der Waals surface area contributed by atoms with Crippen LogP contribution in [0.15, 0.2) is 66.9 Å². The number of aromatic amines is 1. The summed E-state index contributed by atoms with van der Waals surface area (Å²) in [6, 6.07) is 20.1. The van der Waals surface area contributed by atoms with Gasteiger partial charge in [0.2, 0.25) is 0 Å². The number of aliphatic hydroxyl groups is 1. The second kappa shape index (κ2) is 10.8. The van der Waals surface area contributed by atoms with Crippen LogP contribution in [0, 0.1) is 5.92 Å². The molecule has 2 unspecified atom stereocenters. The largest absolute Gasteiger partial charge is 0.393 e. The fourth-order valence-corrected chi connectivity index (χ4v) is 6.02. The Labute approximate surface area is 228 Å². The van der Waals surface area contributed by atoms with Crippen molar-refractivity contribution < 1.29 is 14.6 Å². The zero-order valence-electron chi connectivity index (χ0n) is 22.4. The molecule has 2 fully saturated rings. The lowest BCUT2D eigenvalue weighted by molar-refractivity contribution is 0.00124. The Kier molecular flexibility index (Phi) is 7.06. The Morgan fingerprint density at radius 1 is 1.10 bits per heavy atom. The molecule has 0 spiro atoms. The number of carbonyl (C=O) groups excluding carboxylic acids is 1. The number of carbonyl (C=O) groups is 1. The first-order valence-electron chi connectivity index (χ1n) is 13.8. The first kappa shape index (κ1) is 25.5. The molecule has 202 valence electrons. The maximum atomic E-state index is 13.4. The van der Waals surface area contributed by atoms with E-state index in [0.717, 1.165) is 52.8 Å². The Morgan fingerprint density at radius 3 is 2.56 bits per heavy atom. The van der Waals surface area contributed by atoms with E-state index < -0.39 is 0 Å². The van der Waals surface area contributed by atoms with Crippen molar-refractivity contribution >= 4 is 22.5 Å². The van der Waals surface area contributed by atoms with Crippen LogP contribution in [0.2, 0.25) is 0 Å². The number of hydrogen-bond donors (Lipinski definition) is 3. The molecule has 4 heterocycles. The van der Waals surface area contributed by atoms with Crippen molar-refractivity contribution in [3.05, 3.63) is 78.1 Å². The van der Waals surface area contributed by atoms with Crippen molar-refractivity contribution in [2.24, 2.45) is 5.92 Å². The lowest BCUT2D eigenvalue weighted by Gasteiger charge is -2.48. The minimum absolute atomic E-state index is 0.128. The first-order valence-corrected chi connectivity index (χ1v) is 13.8. The molecular formula is C31H35N5O3. The summed E-state index contributed by atoms with van der Waals surface area (Å²) in [5, 5.41) is 22.0. The minimum Gasteiger partial charge on any atom is -0.393 e. The zero-order valence-corrected chi connectivity index (χ0v) is 22.4. The topological polar surface area (TPSA) is 103 Å². The SMILES string of the molecule is CC(C)C[C@H](NC(=O)c1ccc2[nH]nc(-c3ccc(N4C5COCC4CC(O)C5)cc3)c2c1)c1ccccn1. The van der Waals surface area contributed by atoms with Gasteiger partial charge < -0.3 is 20.1 Å². The first-order chi connectivity index (χ1) is 19.0. The lowest BCUT2D eigenvalue weighted by Crippen LogP contribution is -2.58. The van der Waals surface area contributed by atoms with Crippen LogP contribution in [-0.4, -0.2) is 57.6 Å². The van der Waals surface area contributed by atoms with Gasteiger partial charge in [0.05, 0.1) is 54.3 Å². The lowest BCUT2D eigenvalue weighted by atomic mass is 9.91. The van der Waals surface area contributed by atoms with Crippen molar-refractivity contribution in [2.45, 2.75) is 57.3 Å². The third-order valence-corrected chi connectivity index (χ3v) is 7.82. The number of morpholine rings is 1. The summed E-state index contributed by atoms with van der Waals surface area (Å²) in [7, 11) is 0. The van der Waals surface area contributed by atoms with Gasteiger partial charge in [-0.15, -0.1) is 0 Å². The number of piperidine rings is 1. The highest BCUT2D eigenvalue weighted by Crippen LogP contribution is 2.35. The number of aliphatic hydroxyl groups excluding tert-OH is 1. The summed E-state index contributed by atoms with van der Waals surface area (Å²) >= 11 is 0. The summed E-state index contributed by atoms with van der Waals surface area (Å²) in [6.45, 7) is 5.57. The number of pyridine rings is 1. The van der Waals surface area contributed by atoms with Crippen LogP contribution in [0.4, 0.5) is 5.69 Å². The van der Waals surface area contributed by atoms with Crippen LogP contribution in [0.1, 0.15) is 55.2 Å². The van der Waals surface area contributed by atoms with E-state index in [4.69, 9.17) is 4.74 Å². The molecule has 2 saturated heterocycles. The predicted molar refractivity (Wildman–Crippen MR) is 152 cm³/mol. The molecule has 8 nitrogen and oxygen atoms in total. The molecule has 8 heteroatoms. The fraction of sp³-hybridized carbons (Fsp3) is 0.387. The Balaban J connectivity index is 1.24. The van der Waals surface area contributed by atoms with Crippen molar-refractivity contribution in [1.29, 1.82) is 0 Å². The highest BCUT2D eigenvalue weighted by Gasteiger charge is 2.38. The Hall–Kier alpha value is -3.75. The number of H-pyrrole nitrogens is 1. The zero-order chi connectivity index (χ0) is 26.9. The second-order valence-electron chi connectivity index (χ2n) is 11.2. The van der Waals surface area contributed by atoms with Gasteiger partial charge in [-0.3, -0.25) is 14.9 Å². The van der Waals surface area contributed by atoms with Gasteiger partial charge in [0.1, 0.15) is 0 Å². The Bertz CT molecular complexity index is 1420. The van der Waals surface area contributed by atoms with Crippen LogP contribution in [0.25, 0.3) is 22.2 Å². The molecule has 2 aliphatic rings. The molecule has 6 rings (SSSR count). The second-order valence-corrected chi connectivity index (χ2v) is 11.2. The number of hydrogen-bond acceptors (Lipinski definition) is 6. The molecule has 1 amide bonds. The standard InChI is InChI=1S/C31H35N5O3/c1-19(2)13-29(28-5-3-4-12-32-28)33-31(38)21-8-11-27-26(14-21)30(35-34-27)20-6-9-22(10-7-20)36-23-15-25(37)16-24(36)18-39-17-23/h3-12,14,19,23-25,29,37H,13,15-18H2,1-2H3,(H,33,38)(H,34,35)/t23?,24?,25?,29-/m0/s1. The number of benzene rings is 2. The highest BCUT2D eigenvalue weighted by atomic mass is 16.5. The van der Waals surface area contributed by atoms with Gasteiger partial charge in [0, 0.05) is 28.4 Å². The molecule has 4 aromatic rings. The molecule has 39 heavy (non-hydrogen) atoms. The Morgan fingerprint density at radius 2 is 1.87 bits per heavy atom. The number of ether oxygens (including phenoxy) is 1. The fourth-order valence-electron chi connectivity index (χ4n) is 6.02. The van der Waals surface area contributed by atoms with E-state index in [1.165, 1.54) is 0 Å². The quantitative estimate of drug-likeness (QED) is 0.318. The smallest absolute Gasteiger partial charge is 0.251 e. The molecule has 0 saturated carbocycles. The summed E-state index contributed by atoms with van der Waals surface area (Å²) in [5.41, 5.74) is 5.26. The summed E-state index contributed by atoms with van der Waals surface area (Å²) in [4.78, 5) is 20.2. The van der Waals surface area contributed by atoms with Gasteiger partial charge >= 0.3 is 0 Å². The minimum atomic E-state index is -0.258. The van der Waals surface area contributed by atoms with Crippen molar-refractivity contribution in [3.8, 4) is 11.3 Å². The summed E-state index contributed by atoms with van der Waals surface area (Å²) < 4.78 is 5.76. The van der Waals surface area contributed by atoms with Crippen molar-refractivity contribution in [3.63, 3.8) is 0 Å². The van der Waals surface area contributed by atoms with E-state index in [1.807, 2.05) is 36.4 Å². The van der Waals surface area contributed by atoms with E-state index >= 15 is 0 Å². The number of nitrogens with zero attached hydrogens (tertiary/aromatic N) is 3. The van der Waals surface area contributed by atoms with Crippen LogP contribution < -0.4 is 10.2 Å². The monoisotopic (exact) mass is 525 g/mol. The molecule has 2 aliphatic heterocycles. The molecule has 2 bridgehead atoms. The number of anilines is 1. The van der Waals surface area contributed by atoms with Gasteiger partial charge in [0.25, 0.3) is 5.91 Å². The number of aromatic nitrogens is 3. The number of amides is 1. The van der Waals surface area contributed by atoms with E-state index in [1.54, 1.807) is 6.20 Å². The van der Waals surface area contributed by atoms with Crippen LogP contribution in [-0.2, 0) is 4.74 Å². The molecular weight excluding hydrogens is 490 g/mol. The van der Waals surface area contributed by atoms with Crippen LogP contribution >= 0.6 is 0 Å². The van der Waals surface area contributed by atoms with Gasteiger partial charge in [-0.25, -0.2) is 0 Å². The third kappa shape index (κ3) is 5.27. The van der Waals surface area contributed by atoms with E-state index in [0.29, 0.717) is 24.7 Å². The van der Waals surface area contributed by atoms with E-state index in [2.05, 4.69) is 63.5 Å². The molecule has 2 aromatic carbocycles. The highest BCUT2D eigenvalue weighted by molar-refractivity contribution is 6.01. The van der Waals surface area contributed by atoms with Gasteiger partial charge in [-0.1, -0.05) is 32.0 Å². The predicted octanol–water partition coefficient (Wildman–Crippen LogP) is 4.87. The maximum Gasteiger partial charge on any atom is 0.251 e. The van der Waals surface area contributed by atoms with Gasteiger partial charge in [0.15, 0.2) is 0 Å². The van der Waals surface area contributed by atoms with Crippen molar-refractivity contribution in [2.75, 3.05) is 18.1 Å². The number of rotatable bonds is 7. The average Bonchev–Trinajstić information content (AvgIpc) is 3.36. The van der Waals surface area contributed by atoms with E-state index in [9.17, 15) is 9.90 Å². The normalized spacial score (nSPS) is 21.7. The molecule has 2 aromatic heterocycles. The maximum absolute atomic E-state index is 13.4. The van der Waals surface area contributed by atoms with Gasteiger partial charge in [-0.2, -0.15) is 5.10 Å². The average molecular weight is 526 g/mol. The van der Waals surface area contributed by atoms with Crippen molar-refractivity contribution in [1.82, 2.24) is 20.5 Å². The summed E-state index contributed by atoms with van der Waals surface area (Å²) in [6.07, 6.45) is 3.76. The van der Waals surface area contributed by atoms with Gasteiger partial charge in [-0.05, 0) is 67.6 Å². The third-order valence-electron chi connectivity index (χ3n) is 7.82. The van der Waals surface area contributed by atoms with E-state index in [-0.39, 0.29) is 30.1 Å². The molecule has 0 radical (unpaired) electrons. The van der Waals surface area contributed by atoms with Crippen LogP contribution in [0.5, 0.6) is 0 Å².